The van der Waals surface area contributed by atoms with Gasteiger partial charge in [0.25, 0.3) is 5.69 Å². The number of hydrogen-bond donors (Lipinski definition) is 1. The van der Waals surface area contributed by atoms with Crippen molar-refractivity contribution < 1.29 is 9.66 Å². The number of ether oxygens (including phenoxy) is 1. The van der Waals surface area contributed by atoms with Crippen LogP contribution in [0.2, 0.25) is 0 Å². The van der Waals surface area contributed by atoms with Crippen molar-refractivity contribution in [2.45, 2.75) is 26.3 Å². The van der Waals surface area contributed by atoms with E-state index in [2.05, 4.69) is 24.1 Å². The lowest BCUT2D eigenvalue weighted by molar-refractivity contribution is -0.384. The molecular formula is C14H21N3O3. The molecule has 1 aromatic carbocycles. The van der Waals surface area contributed by atoms with E-state index in [1.54, 1.807) is 6.07 Å². The van der Waals surface area contributed by atoms with Crippen LogP contribution in [0.15, 0.2) is 18.2 Å². The molecule has 1 aromatic rings. The molecule has 0 aromatic heterocycles. The van der Waals surface area contributed by atoms with Gasteiger partial charge in [0.15, 0.2) is 0 Å². The molecule has 0 atom stereocenters. The highest BCUT2D eigenvalue weighted by Gasteiger charge is 2.30. The number of rotatable bonds is 4. The number of non-ortho nitro benzene ring substituents is 1. The third-order valence-corrected chi connectivity index (χ3v) is 3.51. The monoisotopic (exact) mass is 279 g/mol. The maximum atomic E-state index is 11.1. The van der Waals surface area contributed by atoms with Crippen molar-refractivity contribution in [3.05, 3.63) is 28.3 Å². The molecule has 6 heteroatoms. The molecule has 110 valence electrons. The van der Waals surface area contributed by atoms with Crippen LogP contribution in [0.1, 0.15) is 20.8 Å². The molecule has 1 aliphatic heterocycles. The normalized spacial score (nSPS) is 17.9. The highest BCUT2D eigenvalue weighted by molar-refractivity contribution is 5.59. The Morgan fingerprint density at radius 2 is 2.20 bits per heavy atom. The molecule has 20 heavy (non-hydrogen) atoms. The number of anilines is 1. The van der Waals surface area contributed by atoms with Crippen LogP contribution in [0, 0.1) is 10.1 Å². The molecule has 2 rings (SSSR count). The van der Waals surface area contributed by atoms with E-state index in [0.29, 0.717) is 12.4 Å². The Hall–Kier alpha value is -1.82. The van der Waals surface area contributed by atoms with Gasteiger partial charge in [-0.3, -0.25) is 10.1 Å². The van der Waals surface area contributed by atoms with Crippen molar-refractivity contribution in [3.8, 4) is 5.75 Å². The van der Waals surface area contributed by atoms with Crippen LogP contribution in [0.25, 0.3) is 0 Å². The van der Waals surface area contributed by atoms with Gasteiger partial charge in [0.05, 0.1) is 17.6 Å². The van der Waals surface area contributed by atoms with Crippen molar-refractivity contribution in [2.24, 2.45) is 0 Å². The van der Waals surface area contributed by atoms with Crippen molar-refractivity contribution in [1.29, 1.82) is 0 Å². The predicted molar refractivity (Wildman–Crippen MR) is 78.6 cm³/mol. The van der Waals surface area contributed by atoms with E-state index in [9.17, 15) is 10.1 Å². The topological polar surface area (TPSA) is 67.6 Å². The van der Waals surface area contributed by atoms with Gasteiger partial charge in [0.2, 0.25) is 0 Å². The van der Waals surface area contributed by atoms with Crippen LogP contribution in [0.3, 0.4) is 0 Å². The van der Waals surface area contributed by atoms with Gasteiger partial charge in [0.1, 0.15) is 5.75 Å². The molecule has 0 spiro atoms. The molecule has 1 saturated heterocycles. The van der Waals surface area contributed by atoms with E-state index >= 15 is 0 Å². The lowest BCUT2D eigenvalue weighted by Gasteiger charge is -2.44. The zero-order valence-corrected chi connectivity index (χ0v) is 12.2. The van der Waals surface area contributed by atoms with Gasteiger partial charge in [-0.15, -0.1) is 0 Å². The first-order valence-electron chi connectivity index (χ1n) is 6.84. The Labute approximate surface area is 118 Å². The minimum atomic E-state index is -0.374. The molecular weight excluding hydrogens is 258 g/mol. The Kier molecular flexibility index (Phi) is 4.13. The predicted octanol–water partition coefficient (Wildman–Crippen LogP) is 2.18. The first-order chi connectivity index (χ1) is 9.44. The summed E-state index contributed by atoms with van der Waals surface area (Å²) in [5, 5.41) is 14.4. The maximum Gasteiger partial charge on any atom is 0.275 e. The second-order valence-corrected chi connectivity index (χ2v) is 5.52. The number of nitro groups is 1. The molecule has 0 radical (unpaired) electrons. The minimum absolute atomic E-state index is 0.0697. The van der Waals surface area contributed by atoms with Crippen molar-refractivity contribution in [2.75, 3.05) is 31.1 Å². The Balaban J connectivity index is 2.41. The van der Waals surface area contributed by atoms with Crippen LogP contribution < -0.4 is 15.0 Å². The standard InChI is InChI=1S/C14H21N3O3/c1-4-20-13-8-11(7-12(9-13)17(18)19)16-6-5-15-10-14(16,2)3/h7-9,15H,4-6,10H2,1-3H3. The molecule has 0 amide bonds. The minimum Gasteiger partial charge on any atom is -0.494 e. The lowest BCUT2D eigenvalue weighted by Crippen LogP contribution is -2.58. The summed E-state index contributed by atoms with van der Waals surface area (Å²) in [7, 11) is 0. The second-order valence-electron chi connectivity index (χ2n) is 5.52. The molecule has 1 heterocycles. The first-order valence-corrected chi connectivity index (χ1v) is 6.84. The Morgan fingerprint density at radius 1 is 1.45 bits per heavy atom. The van der Waals surface area contributed by atoms with Crippen LogP contribution in [0.5, 0.6) is 5.75 Å². The molecule has 6 nitrogen and oxygen atoms in total. The van der Waals surface area contributed by atoms with Gasteiger partial charge < -0.3 is 15.0 Å². The average Bonchev–Trinajstić information content (AvgIpc) is 2.38. The van der Waals surface area contributed by atoms with E-state index in [1.807, 2.05) is 13.0 Å². The molecule has 0 unspecified atom stereocenters. The van der Waals surface area contributed by atoms with Crippen LogP contribution in [-0.2, 0) is 0 Å². The quantitative estimate of drug-likeness (QED) is 0.676. The van der Waals surface area contributed by atoms with Gasteiger partial charge in [-0.2, -0.15) is 0 Å². The Morgan fingerprint density at radius 3 is 2.80 bits per heavy atom. The highest BCUT2D eigenvalue weighted by Crippen LogP contribution is 2.32. The van der Waals surface area contributed by atoms with Crippen molar-refractivity contribution >= 4 is 11.4 Å². The highest BCUT2D eigenvalue weighted by atomic mass is 16.6. The average molecular weight is 279 g/mol. The van der Waals surface area contributed by atoms with Crippen molar-refractivity contribution in [1.82, 2.24) is 5.32 Å². The van der Waals surface area contributed by atoms with Gasteiger partial charge in [-0.25, -0.2) is 0 Å². The van der Waals surface area contributed by atoms with E-state index < -0.39 is 0 Å². The van der Waals surface area contributed by atoms with E-state index in [0.717, 1.165) is 25.3 Å². The third-order valence-electron chi connectivity index (χ3n) is 3.51. The lowest BCUT2D eigenvalue weighted by atomic mass is 9.99. The van der Waals surface area contributed by atoms with Crippen LogP contribution in [-0.4, -0.2) is 36.7 Å². The van der Waals surface area contributed by atoms with Crippen LogP contribution in [0.4, 0.5) is 11.4 Å². The summed E-state index contributed by atoms with van der Waals surface area (Å²) in [5.41, 5.74) is 0.825. The van der Waals surface area contributed by atoms with Crippen LogP contribution >= 0.6 is 0 Å². The fraction of sp³-hybridized carbons (Fsp3) is 0.571. The second kappa shape index (κ2) is 5.66. The summed E-state index contributed by atoms with van der Waals surface area (Å²) in [5.74, 6) is 0.547. The first kappa shape index (κ1) is 14.6. The summed E-state index contributed by atoms with van der Waals surface area (Å²) in [6.45, 7) is 9.14. The molecule has 0 bridgehead atoms. The summed E-state index contributed by atoms with van der Waals surface area (Å²) in [4.78, 5) is 12.9. The van der Waals surface area contributed by atoms with Gasteiger partial charge in [0, 0.05) is 43.0 Å². The van der Waals surface area contributed by atoms with Gasteiger partial charge >= 0.3 is 0 Å². The number of nitrogens with zero attached hydrogens (tertiary/aromatic N) is 2. The van der Waals surface area contributed by atoms with E-state index in [4.69, 9.17) is 4.74 Å². The number of benzene rings is 1. The summed E-state index contributed by atoms with van der Waals surface area (Å²) in [6, 6.07) is 4.97. The maximum absolute atomic E-state index is 11.1. The smallest absolute Gasteiger partial charge is 0.275 e. The molecule has 1 fully saturated rings. The summed E-state index contributed by atoms with van der Waals surface area (Å²) >= 11 is 0. The zero-order chi connectivity index (χ0) is 14.8. The van der Waals surface area contributed by atoms with E-state index in [-0.39, 0.29) is 16.1 Å². The van der Waals surface area contributed by atoms with Gasteiger partial charge in [-0.05, 0) is 20.8 Å². The molecule has 1 aliphatic rings. The third kappa shape index (κ3) is 3.01. The number of hydrogen-bond acceptors (Lipinski definition) is 5. The SMILES string of the molecule is CCOc1cc(N2CCNCC2(C)C)cc([N+](=O)[O-])c1. The number of nitrogens with one attached hydrogen (secondary N) is 1. The van der Waals surface area contributed by atoms with Gasteiger partial charge in [-0.1, -0.05) is 0 Å². The fourth-order valence-corrected chi connectivity index (χ4v) is 2.54. The zero-order valence-electron chi connectivity index (χ0n) is 12.2. The summed E-state index contributed by atoms with van der Waals surface area (Å²) < 4.78 is 5.45. The van der Waals surface area contributed by atoms with Crippen molar-refractivity contribution in [3.63, 3.8) is 0 Å². The molecule has 1 N–H and O–H groups in total. The number of piperazine rings is 1. The number of nitro benzene ring substituents is 1. The summed E-state index contributed by atoms with van der Waals surface area (Å²) in [6.07, 6.45) is 0. The Bertz CT molecular complexity index is 502. The molecule has 0 saturated carbocycles. The fourth-order valence-electron chi connectivity index (χ4n) is 2.54. The molecule has 0 aliphatic carbocycles. The largest absolute Gasteiger partial charge is 0.494 e. The van der Waals surface area contributed by atoms with E-state index in [1.165, 1.54) is 6.07 Å².